The molecule has 0 aliphatic carbocycles. The molecule has 4 rings (SSSR count). The second-order valence-corrected chi connectivity index (χ2v) is 7.61. The van der Waals surface area contributed by atoms with Gasteiger partial charge in [0.1, 0.15) is 22.1 Å². The molecule has 2 heterocycles. The van der Waals surface area contributed by atoms with Gasteiger partial charge in [0.15, 0.2) is 0 Å². The molecule has 3 amide bonds. The number of rotatable bonds is 7. The van der Waals surface area contributed by atoms with E-state index in [4.69, 9.17) is 9.47 Å². The molecule has 158 valence electrons. The van der Waals surface area contributed by atoms with Crippen LogP contribution in [0.3, 0.4) is 0 Å². The second-order valence-electron chi connectivity index (χ2n) is 6.55. The molecule has 0 saturated carbocycles. The van der Waals surface area contributed by atoms with E-state index in [1.54, 1.807) is 42.5 Å². The third kappa shape index (κ3) is 3.84. The lowest BCUT2D eigenvalue weighted by Gasteiger charge is -2.12. The molecule has 1 aliphatic rings. The maximum atomic E-state index is 12.7. The monoisotopic (exact) mass is 438 g/mol. The molecule has 9 nitrogen and oxygen atoms in total. The minimum atomic E-state index is -0.447. The van der Waals surface area contributed by atoms with E-state index in [0.717, 1.165) is 0 Å². The van der Waals surface area contributed by atoms with Gasteiger partial charge in [-0.05, 0) is 24.3 Å². The van der Waals surface area contributed by atoms with E-state index in [1.807, 2.05) is 0 Å². The number of hydrogen-bond donors (Lipinski definition) is 1. The highest BCUT2D eigenvalue weighted by Gasteiger charge is 2.34. The Morgan fingerprint density at radius 2 is 1.58 bits per heavy atom. The highest BCUT2D eigenvalue weighted by Crippen LogP contribution is 2.30. The van der Waals surface area contributed by atoms with E-state index in [1.165, 1.54) is 30.5 Å². The topological polar surface area (TPSA) is 111 Å². The van der Waals surface area contributed by atoms with Crippen LogP contribution in [0.1, 0.15) is 36.1 Å². The Kier molecular flexibility index (Phi) is 5.63. The van der Waals surface area contributed by atoms with Crippen molar-refractivity contribution in [3.63, 3.8) is 0 Å². The van der Waals surface area contributed by atoms with E-state index in [9.17, 15) is 14.4 Å². The van der Waals surface area contributed by atoms with Crippen LogP contribution in [0.4, 0.5) is 5.13 Å². The van der Waals surface area contributed by atoms with Crippen molar-refractivity contribution in [2.75, 3.05) is 26.1 Å². The van der Waals surface area contributed by atoms with Crippen molar-refractivity contribution in [2.24, 2.45) is 0 Å². The summed E-state index contributed by atoms with van der Waals surface area (Å²) in [5, 5.41) is 11.6. The first-order chi connectivity index (χ1) is 15.0. The van der Waals surface area contributed by atoms with Gasteiger partial charge < -0.3 is 9.47 Å². The number of imide groups is 1. The number of aromatic nitrogens is 2. The summed E-state index contributed by atoms with van der Waals surface area (Å²) in [6.07, 6.45) is 0.330. The van der Waals surface area contributed by atoms with Crippen LogP contribution in [0.25, 0.3) is 0 Å². The van der Waals surface area contributed by atoms with E-state index >= 15 is 0 Å². The molecule has 31 heavy (non-hydrogen) atoms. The average molecular weight is 438 g/mol. The summed E-state index contributed by atoms with van der Waals surface area (Å²) in [5.74, 6) is -0.347. The first-order valence-corrected chi connectivity index (χ1v) is 10.1. The van der Waals surface area contributed by atoms with Crippen molar-refractivity contribution in [3.8, 4) is 11.5 Å². The van der Waals surface area contributed by atoms with E-state index in [-0.39, 0.29) is 29.1 Å². The van der Waals surface area contributed by atoms with Gasteiger partial charge in [-0.3, -0.25) is 24.6 Å². The maximum absolute atomic E-state index is 12.7. The number of carbonyl (C=O) groups excluding carboxylic acids is 3. The predicted octanol–water partition coefficient (Wildman–Crippen LogP) is 2.65. The first-order valence-electron chi connectivity index (χ1n) is 9.33. The van der Waals surface area contributed by atoms with E-state index in [2.05, 4.69) is 15.5 Å². The van der Waals surface area contributed by atoms with Crippen LogP contribution in [0, 0.1) is 0 Å². The van der Waals surface area contributed by atoms with Crippen LogP contribution in [0.15, 0.2) is 42.5 Å². The summed E-state index contributed by atoms with van der Waals surface area (Å²) in [5.41, 5.74) is 1.06. The van der Waals surface area contributed by atoms with Crippen molar-refractivity contribution in [3.05, 3.63) is 64.2 Å². The number of hydrogen-bond acceptors (Lipinski definition) is 8. The molecule has 1 aliphatic heterocycles. The fourth-order valence-corrected chi connectivity index (χ4v) is 4.01. The Hall–Kier alpha value is -3.79. The van der Waals surface area contributed by atoms with Gasteiger partial charge in [0, 0.05) is 13.0 Å². The lowest BCUT2D eigenvalue weighted by atomic mass is 10.1. The number of nitrogens with zero attached hydrogens (tertiary/aromatic N) is 3. The summed E-state index contributed by atoms with van der Waals surface area (Å²) < 4.78 is 10.5. The van der Waals surface area contributed by atoms with Crippen LogP contribution < -0.4 is 14.8 Å². The summed E-state index contributed by atoms with van der Waals surface area (Å²) in [6, 6.07) is 11.8. The van der Waals surface area contributed by atoms with Gasteiger partial charge in [-0.25, -0.2) is 0 Å². The van der Waals surface area contributed by atoms with Gasteiger partial charge in [-0.1, -0.05) is 29.5 Å². The molecule has 1 aromatic heterocycles. The molecule has 3 aromatic rings. The fourth-order valence-electron chi connectivity index (χ4n) is 3.29. The zero-order chi connectivity index (χ0) is 22.0. The van der Waals surface area contributed by atoms with E-state index < -0.39 is 5.91 Å². The molecule has 10 heteroatoms. The Morgan fingerprint density at radius 3 is 2.16 bits per heavy atom. The number of benzene rings is 2. The number of nitrogens with one attached hydrogen (secondary N) is 1. The highest BCUT2D eigenvalue weighted by molar-refractivity contribution is 7.15. The fraction of sp³-hybridized carbons (Fsp3) is 0.190. The number of methoxy groups -OCH3 is 2. The molecule has 0 bridgehead atoms. The van der Waals surface area contributed by atoms with Crippen molar-refractivity contribution in [2.45, 2.75) is 6.42 Å². The lowest BCUT2D eigenvalue weighted by molar-refractivity contribution is 0.0655. The molecule has 1 N–H and O–H groups in total. The Morgan fingerprint density at radius 1 is 0.968 bits per heavy atom. The Labute approximate surface area is 181 Å². The summed E-state index contributed by atoms with van der Waals surface area (Å²) in [7, 11) is 2.93. The summed E-state index contributed by atoms with van der Waals surface area (Å²) in [4.78, 5) is 38.8. The van der Waals surface area contributed by atoms with Crippen molar-refractivity contribution >= 4 is 34.2 Å². The van der Waals surface area contributed by atoms with Crippen molar-refractivity contribution in [1.82, 2.24) is 15.1 Å². The SMILES string of the molecule is COc1cccc(OC)c1C(=O)Nc1nnc(CCN2C(=O)c3ccccc3C2=O)s1. The minimum absolute atomic E-state index is 0.176. The van der Waals surface area contributed by atoms with Gasteiger partial charge in [0.25, 0.3) is 17.7 Å². The highest BCUT2D eigenvalue weighted by atomic mass is 32.1. The number of amides is 3. The van der Waals surface area contributed by atoms with Crippen LogP contribution in [0.5, 0.6) is 11.5 Å². The van der Waals surface area contributed by atoms with Gasteiger partial charge in [0.2, 0.25) is 5.13 Å². The van der Waals surface area contributed by atoms with Crippen LogP contribution in [-0.2, 0) is 6.42 Å². The number of fused-ring (bicyclic) bond motifs is 1. The van der Waals surface area contributed by atoms with E-state index in [0.29, 0.717) is 34.1 Å². The molecule has 0 spiro atoms. The molecule has 0 fully saturated rings. The predicted molar refractivity (Wildman–Crippen MR) is 113 cm³/mol. The molecular formula is C21H18N4O5S. The molecule has 0 atom stereocenters. The second kappa shape index (κ2) is 8.52. The standard InChI is InChI=1S/C21H18N4O5S/c1-29-14-8-5-9-15(30-2)17(14)18(26)22-21-24-23-16(31-21)10-11-25-19(27)12-6-3-4-7-13(12)20(25)28/h3-9H,10-11H2,1-2H3,(H,22,24,26). The first kappa shape index (κ1) is 20.5. The summed E-state index contributed by atoms with van der Waals surface area (Å²) in [6.45, 7) is 0.176. The number of anilines is 1. The molecule has 2 aromatic carbocycles. The Bertz CT molecular complexity index is 1120. The third-order valence-electron chi connectivity index (χ3n) is 4.77. The third-order valence-corrected chi connectivity index (χ3v) is 5.67. The van der Waals surface area contributed by atoms with Gasteiger partial charge in [-0.15, -0.1) is 10.2 Å². The zero-order valence-electron chi connectivity index (χ0n) is 16.7. The van der Waals surface area contributed by atoms with Crippen LogP contribution in [-0.4, -0.2) is 53.6 Å². The van der Waals surface area contributed by atoms with Crippen LogP contribution >= 0.6 is 11.3 Å². The van der Waals surface area contributed by atoms with Crippen molar-refractivity contribution in [1.29, 1.82) is 0 Å². The molecular weight excluding hydrogens is 420 g/mol. The average Bonchev–Trinajstić information content (AvgIpc) is 3.34. The lowest BCUT2D eigenvalue weighted by Crippen LogP contribution is -2.31. The quantitative estimate of drug-likeness (QED) is 0.565. The van der Waals surface area contributed by atoms with Gasteiger partial charge in [0.05, 0.1) is 25.3 Å². The molecule has 0 saturated heterocycles. The number of carbonyl (C=O) groups is 3. The van der Waals surface area contributed by atoms with Crippen molar-refractivity contribution < 1.29 is 23.9 Å². The largest absolute Gasteiger partial charge is 0.496 e. The van der Waals surface area contributed by atoms with Gasteiger partial charge >= 0.3 is 0 Å². The smallest absolute Gasteiger partial charge is 0.265 e. The normalized spacial score (nSPS) is 12.6. The number of ether oxygens (including phenoxy) is 2. The van der Waals surface area contributed by atoms with Gasteiger partial charge in [-0.2, -0.15) is 0 Å². The Balaban J connectivity index is 1.43. The minimum Gasteiger partial charge on any atom is -0.496 e. The maximum Gasteiger partial charge on any atom is 0.265 e. The molecule has 0 unspecified atom stereocenters. The van der Waals surface area contributed by atoms with Crippen LogP contribution in [0.2, 0.25) is 0 Å². The molecule has 0 radical (unpaired) electrons. The zero-order valence-corrected chi connectivity index (χ0v) is 17.6. The summed E-state index contributed by atoms with van der Waals surface area (Å²) >= 11 is 1.17.